The lowest BCUT2D eigenvalue weighted by Gasteiger charge is -2.41. The summed E-state index contributed by atoms with van der Waals surface area (Å²) in [7, 11) is 1.35. The highest BCUT2D eigenvalue weighted by atomic mass is 16.6. The highest BCUT2D eigenvalue weighted by Gasteiger charge is 2.36. The van der Waals surface area contributed by atoms with Crippen molar-refractivity contribution in [1.29, 1.82) is 0 Å². The molecule has 0 bridgehead atoms. The van der Waals surface area contributed by atoms with E-state index in [-0.39, 0.29) is 17.7 Å². The van der Waals surface area contributed by atoms with E-state index in [2.05, 4.69) is 0 Å². The molecule has 6 heteroatoms. The van der Waals surface area contributed by atoms with Crippen LogP contribution >= 0.6 is 0 Å². The molecule has 1 aromatic rings. The first-order chi connectivity index (χ1) is 8.56. The number of anilines is 1. The Morgan fingerprint density at radius 3 is 2.78 bits per heavy atom. The van der Waals surface area contributed by atoms with Crippen molar-refractivity contribution in [2.75, 3.05) is 18.6 Å². The van der Waals surface area contributed by atoms with Gasteiger partial charge in [0.25, 0.3) is 5.69 Å². The van der Waals surface area contributed by atoms with Crippen LogP contribution in [0.1, 0.15) is 12.0 Å². The average molecular weight is 250 g/mol. The molecule has 0 N–H and O–H groups in total. The van der Waals surface area contributed by atoms with Gasteiger partial charge in [0.15, 0.2) is 0 Å². The number of hydrogen-bond donors (Lipinski definition) is 0. The van der Waals surface area contributed by atoms with Crippen LogP contribution in [-0.4, -0.2) is 30.6 Å². The number of ether oxygens (including phenoxy) is 1. The lowest BCUT2D eigenvalue weighted by molar-refractivity contribution is -0.385. The topological polar surface area (TPSA) is 72.7 Å². The molecule has 0 aliphatic carbocycles. The number of carbonyl (C=O) groups excluding carboxylic acids is 1. The third-order valence-corrected chi connectivity index (χ3v) is 3.28. The number of nitro groups is 1. The number of esters is 1. The number of carbonyl (C=O) groups is 1. The summed E-state index contributed by atoms with van der Waals surface area (Å²) in [6.07, 6.45) is 0.717. The van der Waals surface area contributed by atoms with Crippen molar-refractivity contribution in [3.8, 4) is 0 Å². The molecule has 0 amide bonds. The second kappa shape index (κ2) is 4.64. The van der Waals surface area contributed by atoms with E-state index in [0.29, 0.717) is 12.1 Å². The highest BCUT2D eigenvalue weighted by Crippen LogP contribution is 2.34. The largest absolute Gasteiger partial charge is 0.467 e. The number of nitrogens with zero attached hydrogens (tertiary/aromatic N) is 2. The Balaban J connectivity index is 2.32. The van der Waals surface area contributed by atoms with Crippen LogP contribution in [0.4, 0.5) is 11.4 Å². The van der Waals surface area contributed by atoms with Crippen molar-refractivity contribution >= 4 is 17.3 Å². The Bertz CT molecular complexity index is 501. The predicted octanol–water partition coefficient (Wildman–Crippen LogP) is 1.65. The summed E-state index contributed by atoms with van der Waals surface area (Å²) in [6.45, 7) is 2.40. The van der Waals surface area contributed by atoms with E-state index in [1.54, 1.807) is 19.1 Å². The Labute approximate surface area is 104 Å². The van der Waals surface area contributed by atoms with Crippen molar-refractivity contribution in [3.05, 3.63) is 33.9 Å². The SMILES string of the molecule is COC(=O)C1CCN1c1cccc([N+](=O)[O-])c1C. The molecule has 1 fully saturated rings. The summed E-state index contributed by atoms with van der Waals surface area (Å²) >= 11 is 0. The number of nitro benzene ring substituents is 1. The van der Waals surface area contributed by atoms with Crippen molar-refractivity contribution in [3.63, 3.8) is 0 Å². The third-order valence-electron chi connectivity index (χ3n) is 3.28. The van der Waals surface area contributed by atoms with Gasteiger partial charge < -0.3 is 9.64 Å². The summed E-state index contributed by atoms with van der Waals surface area (Å²) in [5, 5.41) is 10.9. The minimum atomic E-state index is -0.411. The summed E-state index contributed by atoms with van der Waals surface area (Å²) in [6, 6.07) is 4.56. The van der Waals surface area contributed by atoms with Crippen LogP contribution in [0.25, 0.3) is 0 Å². The minimum absolute atomic E-state index is 0.0722. The molecular formula is C12H14N2O4. The van der Waals surface area contributed by atoms with Gasteiger partial charge in [-0.1, -0.05) is 6.07 Å². The summed E-state index contributed by atoms with van der Waals surface area (Å²) in [5.74, 6) is -0.299. The predicted molar refractivity (Wildman–Crippen MR) is 65.6 cm³/mol. The Kier molecular flexibility index (Phi) is 3.18. The van der Waals surface area contributed by atoms with E-state index in [4.69, 9.17) is 4.74 Å². The molecule has 0 aromatic heterocycles. The molecule has 1 atom stereocenters. The molecule has 1 aromatic carbocycles. The van der Waals surface area contributed by atoms with E-state index in [0.717, 1.165) is 12.1 Å². The van der Waals surface area contributed by atoms with Gasteiger partial charge in [0.1, 0.15) is 6.04 Å². The van der Waals surface area contributed by atoms with Gasteiger partial charge in [-0.25, -0.2) is 4.79 Å². The number of benzene rings is 1. The van der Waals surface area contributed by atoms with Crippen LogP contribution in [0.15, 0.2) is 18.2 Å². The van der Waals surface area contributed by atoms with Gasteiger partial charge in [0.2, 0.25) is 0 Å². The van der Waals surface area contributed by atoms with E-state index < -0.39 is 4.92 Å². The van der Waals surface area contributed by atoms with Gasteiger partial charge in [-0.2, -0.15) is 0 Å². The molecule has 6 nitrogen and oxygen atoms in total. The minimum Gasteiger partial charge on any atom is -0.467 e. The highest BCUT2D eigenvalue weighted by molar-refractivity contribution is 5.83. The standard InChI is InChI=1S/C12H14N2O4/c1-8-9(4-3-5-10(8)14(16)17)13-7-6-11(13)12(15)18-2/h3-5,11H,6-7H2,1-2H3. The van der Waals surface area contributed by atoms with E-state index >= 15 is 0 Å². The van der Waals surface area contributed by atoms with E-state index in [1.165, 1.54) is 13.2 Å². The van der Waals surface area contributed by atoms with Gasteiger partial charge in [-0.3, -0.25) is 10.1 Å². The quantitative estimate of drug-likeness (QED) is 0.463. The molecule has 1 aliphatic heterocycles. The molecule has 1 saturated heterocycles. The van der Waals surface area contributed by atoms with Gasteiger partial charge in [0.05, 0.1) is 17.6 Å². The summed E-state index contributed by atoms with van der Waals surface area (Å²) < 4.78 is 4.71. The van der Waals surface area contributed by atoms with Crippen molar-refractivity contribution in [1.82, 2.24) is 0 Å². The first-order valence-corrected chi connectivity index (χ1v) is 5.64. The fraction of sp³-hybridized carbons (Fsp3) is 0.417. The van der Waals surface area contributed by atoms with Crippen LogP contribution in [0.3, 0.4) is 0 Å². The molecule has 1 aliphatic rings. The summed E-state index contributed by atoms with van der Waals surface area (Å²) in [5.41, 5.74) is 1.38. The molecular weight excluding hydrogens is 236 g/mol. The van der Waals surface area contributed by atoms with Crippen molar-refractivity contribution in [2.24, 2.45) is 0 Å². The maximum Gasteiger partial charge on any atom is 0.328 e. The van der Waals surface area contributed by atoms with Crippen LogP contribution in [0.2, 0.25) is 0 Å². The first kappa shape index (κ1) is 12.3. The van der Waals surface area contributed by atoms with Gasteiger partial charge in [0, 0.05) is 18.3 Å². The fourth-order valence-electron chi connectivity index (χ4n) is 2.18. The zero-order valence-electron chi connectivity index (χ0n) is 10.3. The zero-order chi connectivity index (χ0) is 13.3. The van der Waals surface area contributed by atoms with Gasteiger partial charge in [-0.15, -0.1) is 0 Å². The maximum absolute atomic E-state index is 11.5. The fourth-order valence-corrected chi connectivity index (χ4v) is 2.18. The van der Waals surface area contributed by atoms with E-state index in [1.807, 2.05) is 4.90 Å². The lowest BCUT2D eigenvalue weighted by atomic mass is 9.99. The Morgan fingerprint density at radius 1 is 1.56 bits per heavy atom. The molecule has 18 heavy (non-hydrogen) atoms. The molecule has 1 unspecified atom stereocenters. The number of rotatable bonds is 3. The van der Waals surface area contributed by atoms with E-state index in [9.17, 15) is 14.9 Å². The Morgan fingerprint density at radius 2 is 2.28 bits per heavy atom. The maximum atomic E-state index is 11.5. The molecule has 2 rings (SSSR count). The van der Waals surface area contributed by atoms with Gasteiger partial charge in [-0.05, 0) is 19.4 Å². The Hall–Kier alpha value is -2.11. The third kappa shape index (κ3) is 1.90. The van der Waals surface area contributed by atoms with Crippen molar-refractivity contribution < 1.29 is 14.5 Å². The molecule has 0 radical (unpaired) electrons. The van der Waals surface area contributed by atoms with Crippen molar-refractivity contribution in [2.45, 2.75) is 19.4 Å². The van der Waals surface area contributed by atoms with Crippen LogP contribution in [-0.2, 0) is 9.53 Å². The zero-order valence-corrected chi connectivity index (χ0v) is 10.3. The van der Waals surface area contributed by atoms with Crippen LogP contribution < -0.4 is 4.90 Å². The number of methoxy groups -OCH3 is 1. The molecule has 96 valence electrons. The van der Waals surface area contributed by atoms with Crippen LogP contribution in [0.5, 0.6) is 0 Å². The second-order valence-electron chi connectivity index (χ2n) is 4.20. The summed E-state index contributed by atoms with van der Waals surface area (Å²) in [4.78, 5) is 23.8. The monoisotopic (exact) mass is 250 g/mol. The van der Waals surface area contributed by atoms with Gasteiger partial charge >= 0.3 is 5.97 Å². The van der Waals surface area contributed by atoms with Crippen LogP contribution in [0, 0.1) is 17.0 Å². The second-order valence-corrected chi connectivity index (χ2v) is 4.20. The lowest BCUT2D eigenvalue weighted by Crippen LogP contribution is -2.53. The molecule has 1 heterocycles. The normalized spacial score (nSPS) is 18.1. The molecule has 0 saturated carbocycles. The number of hydrogen-bond acceptors (Lipinski definition) is 5. The smallest absolute Gasteiger partial charge is 0.328 e. The molecule has 0 spiro atoms. The first-order valence-electron chi connectivity index (χ1n) is 5.64. The average Bonchev–Trinajstić information content (AvgIpc) is 2.29.